The van der Waals surface area contributed by atoms with Crippen LogP contribution in [0.15, 0.2) is 54.9 Å². The first-order valence-corrected chi connectivity index (χ1v) is 9.79. The second-order valence-corrected chi connectivity index (χ2v) is 7.28. The van der Waals surface area contributed by atoms with Crippen LogP contribution in [0, 0.1) is 6.92 Å². The highest BCUT2D eigenvalue weighted by molar-refractivity contribution is 5.79. The number of carbonyl (C=O) groups is 1. The predicted octanol–water partition coefficient (Wildman–Crippen LogP) is 3.41. The Kier molecular flexibility index (Phi) is 5.51. The molecule has 29 heavy (non-hydrogen) atoms. The summed E-state index contributed by atoms with van der Waals surface area (Å²) in [5, 5.41) is 0. The first kappa shape index (κ1) is 19.1. The number of nitrogens with zero attached hydrogens (tertiary/aromatic N) is 4. The van der Waals surface area contributed by atoms with E-state index in [1.54, 1.807) is 13.3 Å². The SMILES string of the molecule is COc1cccc(CC(=O)N2CCC(c3nc(C)ncc3-c3ccccn3)C2)c1. The number of aryl methyl sites for hydroxylation is 1. The number of pyridine rings is 1. The van der Waals surface area contributed by atoms with Crippen molar-refractivity contribution in [2.24, 2.45) is 0 Å². The molecule has 1 aromatic carbocycles. The maximum absolute atomic E-state index is 12.9. The van der Waals surface area contributed by atoms with E-state index in [1.807, 2.05) is 60.5 Å². The van der Waals surface area contributed by atoms with Gasteiger partial charge in [-0.2, -0.15) is 0 Å². The number of rotatable bonds is 5. The van der Waals surface area contributed by atoms with Gasteiger partial charge in [0.15, 0.2) is 0 Å². The monoisotopic (exact) mass is 388 g/mol. The van der Waals surface area contributed by atoms with Gasteiger partial charge in [-0.25, -0.2) is 9.97 Å². The normalized spacial score (nSPS) is 16.1. The van der Waals surface area contributed by atoms with Crippen molar-refractivity contribution < 1.29 is 9.53 Å². The molecule has 1 fully saturated rings. The van der Waals surface area contributed by atoms with Crippen LogP contribution < -0.4 is 4.74 Å². The van der Waals surface area contributed by atoms with Gasteiger partial charge in [0.05, 0.1) is 24.9 Å². The van der Waals surface area contributed by atoms with Gasteiger partial charge in [-0.1, -0.05) is 18.2 Å². The Bertz CT molecular complexity index is 1010. The van der Waals surface area contributed by atoms with Crippen molar-refractivity contribution in [2.75, 3.05) is 20.2 Å². The van der Waals surface area contributed by atoms with Gasteiger partial charge in [0.2, 0.25) is 5.91 Å². The minimum atomic E-state index is 0.130. The molecule has 1 atom stereocenters. The zero-order valence-electron chi connectivity index (χ0n) is 16.7. The summed E-state index contributed by atoms with van der Waals surface area (Å²) in [5.41, 5.74) is 3.75. The van der Waals surface area contributed by atoms with Gasteiger partial charge in [0.25, 0.3) is 0 Å². The van der Waals surface area contributed by atoms with Gasteiger partial charge >= 0.3 is 0 Å². The number of benzene rings is 1. The third kappa shape index (κ3) is 4.26. The van der Waals surface area contributed by atoms with Gasteiger partial charge in [-0.15, -0.1) is 0 Å². The van der Waals surface area contributed by atoms with E-state index in [2.05, 4.69) is 9.97 Å². The minimum absolute atomic E-state index is 0.130. The topological polar surface area (TPSA) is 68.2 Å². The molecule has 6 nitrogen and oxygen atoms in total. The summed E-state index contributed by atoms with van der Waals surface area (Å²) in [6, 6.07) is 13.5. The Balaban J connectivity index is 1.51. The van der Waals surface area contributed by atoms with Crippen molar-refractivity contribution in [3.63, 3.8) is 0 Å². The lowest BCUT2D eigenvalue weighted by molar-refractivity contribution is -0.129. The summed E-state index contributed by atoms with van der Waals surface area (Å²) in [6.45, 7) is 3.30. The lowest BCUT2D eigenvalue weighted by atomic mass is 9.98. The number of carbonyl (C=O) groups excluding carboxylic acids is 1. The van der Waals surface area contributed by atoms with Crippen LogP contribution in [0.25, 0.3) is 11.3 Å². The Hall–Kier alpha value is -3.28. The lowest BCUT2D eigenvalue weighted by Gasteiger charge is -2.18. The molecule has 0 N–H and O–H groups in total. The molecule has 1 aliphatic rings. The highest BCUT2D eigenvalue weighted by Gasteiger charge is 2.30. The number of ether oxygens (including phenoxy) is 1. The van der Waals surface area contributed by atoms with Crippen LogP contribution in [0.2, 0.25) is 0 Å². The standard InChI is InChI=1S/C23H24N4O2/c1-16-25-14-20(21-8-3-4-10-24-21)23(26-16)18-9-11-27(15-18)22(28)13-17-6-5-7-19(12-17)29-2/h3-8,10,12,14,18H,9,11,13,15H2,1-2H3. The summed E-state index contributed by atoms with van der Waals surface area (Å²) in [6.07, 6.45) is 4.89. The minimum Gasteiger partial charge on any atom is -0.497 e. The second kappa shape index (κ2) is 8.39. The molecule has 1 saturated heterocycles. The van der Waals surface area contributed by atoms with E-state index in [0.29, 0.717) is 13.0 Å². The first-order chi connectivity index (χ1) is 14.1. The summed E-state index contributed by atoms with van der Waals surface area (Å²) in [5.74, 6) is 1.82. The molecule has 3 aromatic rings. The van der Waals surface area contributed by atoms with Gasteiger partial charge in [0.1, 0.15) is 11.6 Å². The molecule has 4 rings (SSSR count). The quantitative estimate of drug-likeness (QED) is 0.670. The fourth-order valence-electron chi connectivity index (χ4n) is 3.80. The first-order valence-electron chi connectivity index (χ1n) is 9.79. The number of hydrogen-bond donors (Lipinski definition) is 0. The van der Waals surface area contributed by atoms with Crippen LogP contribution in [-0.2, 0) is 11.2 Å². The van der Waals surface area contributed by atoms with Crippen LogP contribution in [0.5, 0.6) is 5.75 Å². The van der Waals surface area contributed by atoms with Gasteiger partial charge in [0, 0.05) is 37.0 Å². The fraction of sp³-hybridized carbons (Fsp3) is 0.304. The third-order valence-electron chi connectivity index (χ3n) is 5.30. The van der Waals surface area contributed by atoms with Crippen molar-refractivity contribution in [3.05, 3.63) is 71.9 Å². The van der Waals surface area contributed by atoms with Crippen LogP contribution in [0.3, 0.4) is 0 Å². The van der Waals surface area contributed by atoms with Crippen LogP contribution >= 0.6 is 0 Å². The van der Waals surface area contributed by atoms with Crippen LogP contribution in [0.1, 0.15) is 29.4 Å². The molecule has 2 aromatic heterocycles. The van der Waals surface area contributed by atoms with Crippen molar-refractivity contribution in [2.45, 2.75) is 25.7 Å². The number of amides is 1. The third-order valence-corrected chi connectivity index (χ3v) is 5.30. The maximum Gasteiger partial charge on any atom is 0.227 e. The average Bonchev–Trinajstić information content (AvgIpc) is 3.25. The molecule has 1 unspecified atom stereocenters. The number of aromatic nitrogens is 3. The Morgan fingerprint density at radius 1 is 1.21 bits per heavy atom. The zero-order valence-corrected chi connectivity index (χ0v) is 16.7. The molecule has 148 valence electrons. The van der Waals surface area contributed by atoms with Gasteiger partial charge < -0.3 is 9.64 Å². The lowest BCUT2D eigenvalue weighted by Crippen LogP contribution is -2.30. The Morgan fingerprint density at radius 2 is 2.10 bits per heavy atom. The number of methoxy groups -OCH3 is 1. The summed E-state index contributed by atoms with van der Waals surface area (Å²) < 4.78 is 5.26. The largest absolute Gasteiger partial charge is 0.497 e. The van der Waals surface area contributed by atoms with Crippen LogP contribution in [-0.4, -0.2) is 46.0 Å². The Morgan fingerprint density at radius 3 is 2.90 bits per heavy atom. The maximum atomic E-state index is 12.9. The van der Waals surface area contributed by atoms with Crippen molar-refractivity contribution in [1.29, 1.82) is 0 Å². The molecular formula is C23H24N4O2. The summed E-state index contributed by atoms with van der Waals surface area (Å²) >= 11 is 0. The molecule has 1 amide bonds. The molecular weight excluding hydrogens is 364 g/mol. The highest BCUT2D eigenvalue weighted by atomic mass is 16.5. The zero-order chi connectivity index (χ0) is 20.2. The molecule has 0 spiro atoms. The van der Waals surface area contributed by atoms with E-state index in [0.717, 1.165) is 47.1 Å². The molecule has 1 aliphatic heterocycles. The summed E-state index contributed by atoms with van der Waals surface area (Å²) in [7, 11) is 1.63. The van der Waals surface area contributed by atoms with E-state index in [4.69, 9.17) is 9.72 Å². The molecule has 0 aliphatic carbocycles. The van der Waals surface area contributed by atoms with E-state index in [9.17, 15) is 4.79 Å². The molecule has 6 heteroatoms. The van der Waals surface area contributed by atoms with E-state index in [-0.39, 0.29) is 11.8 Å². The molecule has 0 radical (unpaired) electrons. The average molecular weight is 388 g/mol. The van der Waals surface area contributed by atoms with Crippen molar-refractivity contribution in [1.82, 2.24) is 19.9 Å². The second-order valence-electron chi connectivity index (χ2n) is 7.28. The van der Waals surface area contributed by atoms with Crippen molar-refractivity contribution >= 4 is 5.91 Å². The highest BCUT2D eigenvalue weighted by Crippen LogP contribution is 2.32. The summed E-state index contributed by atoms with van der Waals surface area (Å²) in [4.78, 5) is 28.3. The smallest absolute Gasteiger partial charge is 0.227 e. The van der Waals surface area contributed by atoms with E-state index in [1.165, 1.54) is 0 Å². The van der Waals surface area contributed by atoms with Gasteiger partial charge in [-0.3, -0.25) is 9.78 Å². The fourth-order valence-corrected chi connectivity index (χ4v) is 3.80. The number of hydrogen-bond acceptors (Lipinski definition) is 5. The van der Waals surface area contributed by atoms with E-state index >= 15 is 0 Å². The number of likely N-dealkylation sites (tertiary alicyclic amines) is 1. The van der Waals surface area contributed by atoms with Gasteiger partial charge in [-0.05, 0) is 43.2 Å². The van der Waals surface area contributed by atoms with Crippen molar-refractivity contribution in [3.8, 4) is 17.0 Å². The Labute approximate surface area is 170 Å². The predicted molar refractivity (Wildman–Crippen MR) is 111 cm³/mol. The molecule has 0 bridgehead atoms. The van der Waals surface area contributed by atoms with Crippen LogP contribution in [0.4, 0.5) is 0 Å². The molecule has 3 heterocycles. The molecule has 0 saturated carbocycles. The van der Waals surface area contributed by atoms with E-state index < -0.39 is 0 Å².